The van der Waals surface area contributed by atoms with Crippen molar-refractivity contribution in [2.75, 3.05) is 7.05 Å². The van der Waals surface area contributed by atoms with E-state index in [9.17, 15) is 99.4 Å². The van der Waals surface area contributed by atoms with Gasteiger partial charge in [0.15, 0.2) is 74.8 Å². The zero-order valence-electron chi connectivity index (χ0n) is 62.2. The Morgan fingerprint density at radius 1 is 0.442 bits per heavy atom. The molecule has 0 bridgehead atoms. The first kappa shape index (κ1) is 98.1. The Kier molecular flexibility index (Phi) is 30.6. The lowest BCUT2D eigenvalue weighted by atomic mass is 9.83. The molecule has 0 unspecified atom stereocenters. The maximum Gasteiger partial charge on any atom is 0.433 e. The zero-order chi connectivity index (χ0) is 89.7. The first-order valence-corrected chi connectivity index (χ1v) is 36.7. The van der Waals surface area contributed by atoms with E-state index < -0.39 is 133 Å². The number of carbonyl (C=O) groups is 7. The number of hydrazine groups is 2. The van der Waals surface area contributed by atoms with E-state index in [1.165, 1.54) is 121 Å². The second kappa shape index (κ2) is 37.5. The molecule has 2 aliphatic heterocycles. The van der Waals surface area contributed by atoms with E-state index in [4.69, 9.17) is 10.9 Å². The van der Waals surface area contributed by atoms with Crippen molar-refractivity contribution in [2.24, 2.45) is 49.4 Å². The SMILES string of the molecule is C.CC(=O)C(C)(C)C(=O)c1cc(C(F)(F)F)n(-c2ccc(Br)cn2)n1.CC(C)(C(=O)NN)C(=O)c1cc(C(F)(F)F)n(-c2ccc(Br)cn2)n1.CC1(C)C(=O)NN=C1c1cc(C(F)(F)F)n(-c2ccc(Br)cn2)n1.CN1N=C(c2cc(C(F)(F)F)n(-c3ccc(Br)cn3)n2)C(C)(C)C1=O.NN.O=C(O)c1cc(C(F)(F)F)n(-c2ccc(Br)cn2)n1. The fourth-order valence-electron chi connectivity index (χ4n) is 9.97. The minimum atomic E-state index is -4.78. The van der Waals surface area contributed by atoms with Crippen LogP contribution in [-0.2, 0) is 50.1 Å². The molecule has 51 heteroatoms. The third-order valence-electron chi connectivity index (χ3n) is 16.6. The lowest BCUT2D eigenvalue weighted by Crippen LogP contribution is -2.45. The minimum Gasteiger partial charge on any atom is -0.476 e. The number of nitrogens with two attached hydrogens (primary N) is 3. The van der Waals surface area contributed by atoms with Crippen LogP contribution in [0.15, 0.2) is 155 Å². The van der Waals surface area contributed by atoms with E-state index in [2.05, 4.69) is 157 Å². The number of ketones is 3. The summed E-state index contributed by atoms with van der Waals surface area (Å²) in [5.74, 6) is 7.44. The van der Waals surface area contributed by atoms with Gasteiger partial charge in [0.05, 0.1) is 16.2 Å². The summed E-state index contributed by atoms with van der Waals surface area (Å²) in [6, 6.07) is 17.8. The quantitative estimate of drug-likeness (QED) is 0.0147. The number of halogens is 20. The van der Waals surface area contributed by atoms with Gasteiger partial charge in [-0.3, -0.25) is 45.9 Å². The van der Waals surface area contributed by atoms with E-state index in [-0.39, 0.29) is 65.2 Å². The van der Waals surface area contributed by atoms with Crippen LogP contribution in [-0.4, -0.2) is 143 Å². The van der Waals surface area contributed by atoms with Crippen LogP contribution in [0.3, 0.4) is 0 Å². The molecule has 10 aromatic heterocycles. The van der Waals surface area contributed by atoms with Crippen molar-refractivity contribution in [2.45, 2.75) is 101 Å². The molecule has 0 saturated carbocycles. The van der Waals surface area contributed by atoms with Crippen LogP contribution in [0.4, 0.5) is 65.9 Å². The fourth-order valence-corrected chi connectivity index (χ4v) is 11.1. The van der Waals surface area contributed by atoms with Crippen molar-refractivity contribution in [3.63, 3.8) is 0 Å². The van der Waals surface area contributed by atoms with Gasteiger partial charge in [0.1, 0.15) is 45.4 Å². The van der Waals surface area contributed by atoms with Crippen molar-refractivity contribution in [1.82, 2.24) is 89.7 Å². The van der Waals surface area contributed by atoms with E-state index >= 15 is 0 Å². The number of aromatic nitrogens is 15. The molecule has 0 spiro atoms. The summed E-state index contributed by atoms with van der Waals surface area (Å²) >= 11 is 15.7. The highest BCUT2D eigenvalue weighted by Gasteiger charge is 2.49. The average molecular weight is 2030 g/mol. The Morgan fingerprint density at radius 2 is 0.717 bits per heavy atom. The van der Waals surface area contributed by atoms with E-state index in [1.54, 1.807) is 39.8 Å². The predicted molar refractivity (Wildman–Crippen MR) is 413 cm³/mol. The maximum absolute atomic E-state index is 13.4. The molecule has 0 atom stereocenters. The van der Waals surface area contributed by atoms with E-state index in [0.29, 0.717) is 64.0 Å². The Hall–Kier alpha value is -10.7. The number of pyridine rings is 5. The van der Waals surface area contributed by atoms with Gasteiger partial charge in [-0.15, -0.1) is 0 Å². The summed E-state index contributed by atoms with van der Waals surface area (Å²) in [4.78, 5) is 102. The van der Waals surface area contributed by atoms with Gasteiger partial charge in [0.25, 0.3) is 11.8 Å². The Balaban J connectivity index is 0.000000231. The monoisotopic (exact) mass is 2020 g/mol. The van der Waals surface area contributed by atoms with Crippen LogP contribution in [0.2, 0.25) is 0 Å². The Labute approximate surface area is 709 Å². The maximum atomic E-state index is 13.4. The second-order valence-electron chi connectivity index (χ2n) is 26.5. The standard InChI is InChI=1S/C15H13BrF3N5O.C15H13BrF3N3O2.C14H13BrF3N5O2.C14H11BrF3N5O.C10H5BrF3N3O2.CH4.H4N2/c1-14(2)12(22-23(3)13(14)25)9-6-10(15(17,18)19)24(21-9)11-5-4-8(16)7-20-11;1-8(23)14(2,3)13(24)10-6-11(15(17,18)19)22(21-10)12-5-4-9(16)7-20-12;1-13(2,12(25)21-19)11(24)8-5-9(14(16,17)18)23(22-8)10-4-3-7(15)6-20-10;1-13(2)11(20-21-12(13)24)8-5-9(14(16,17)18)23(22-8)10-4-3-7(15)6-19-10;11-5-1-2-8(15-4-5)17-7(10(12,13)14)3-6(16-17)9(18)19;;1-2/h4-7H,1-3H3;4-7H,1-3H3;3-6H,19H2,1-2H3,(H,21,25);3-6H,1-2H3,(H,21,24);1-4H,(H,18,19);1H4;1-2H2. The number of nitrogens with zero attached hydrogens (tertiary/aromatic N) is 18. The number of hydrazone groups is 2. The largest absolute Gasteiger partial charge is 0.476 e. The molecule has 31 nitrogen and oxygen atoms in total. The van der Waals surface area contributed by atoms with Crippen LogP contribution >= 0.6 is 79.6 Å². The highest BCUT2D eigenvalue weighted by Crippen LogP contribution is 2.40. The summed E-state index contributed by atoms with van der Waals surface area (Å²) < 4.78 is 204. The van der Waals surface area contributed by atoms with Crippen LogP contribution in [0.1, 0.15) is 141 Å². The average Bonchev–Trinajstić information content (AvgIpc) is 1.60. The van der Waals surface area contributed by atoms with Gasteiger partial charge in [-0.05, 0) is 215 Å². The molecule has 12 rings (SSSR count). The molecule has 0 aliphatic carbocycles. The number of carbonyl (C=O) groups excluding carboxylic acids is 6. The number of rotatable bonds is 14. The number of hydrogen-bond donors (Lipinski definition) is 6. The molecule has 0 fully saturated rings. The molecule has 0 saturated heterocycles. The third-order valence-corrected chi connectivity index (χ3v) is 19.0. The number of nitrogens with one attached hydrogen (secondary N) is 2. The number of alkyl halides is 15. The summed E-state index contributed by atoms with van der Waals surface area (Å²) in [6.45, 7) is 12.7. The van der Waals surface area contributed by atoms with Crippen molar-refractivity contribution < 1.29 is 105 Å². The first-order chi connectivity index (χ1) is 54.8. The van der Waals surface area contributed by atoms with Crippen LogP contribution in [0, 0.1) is 21.7 Å². The number of aromatic carboxylic acids is 1. The Morgan fingerprint density at radius 3 is 0.958 bits per heavy atom. The van der Waals surface area contributed by atoms with Gasteiger partial charge in [0.2, 0.25) is 5.91 Å². The lowest BCUT2D eigenvalue weighted by molar-refractivity contribution is -0.143. The molecule has 3 amide bonds. The van der Waals surface area contributed by atoms with Gasteiger partial charge in [-0.2, -0.15) is 102 Å². The first-order valence-electron chi connectivity index (χ1n) is 32.7. The van der Waals surface area contributed by atoms with Crippen molar-refractivity contribution >= 4 is 132 Å². The summed E-state index contributed by atoms with van der Waals surface area (Å²) in [5.41, 5.74) is -8.09. The zero-order valence-corrected chi connectivity index (χ0v) is 70.1. The van der Waals surface area contributed by atoms with Crippen molar-refractivity contribution in [3.05, 3.63) is 201 Å². The van der Waals surface area contributed by atoms with Gasteiger partial charge >= 0.3 is 36.9 Å². The number of carboxylic acids is 1. The molecule has 0 radical (unpaired) electrons. The van der Waals surface area contributed by atoms with Crippen LogP contribution < -0.4 is 28.4 Å². The minimum absolute atomic E-state index is 0. The van der Waals surface area contributed by atoms with Crippen molar-refractivity contribution in [1.29, 1.82) is 0 Å². The summed E-state index contributed by atoms with van der Waals surface area (Å²) in [7, 11) is 1.45. The summed E-state index contributed by atoms with van der Waals surface area (Å²) in [5, 5.41) is 36.6. The second-order valence-corrected chi connectivity index (χ2v) is 31.0. The molecule has 9 N–H and O–H groups in total. The number of hydrogen-bond acceptors (Lipinski definition) is 22. The van der Waals surface area contributed by atoms with E-state index in [1.807, 2.05) is 5.43 Å². The topological polar surface area (TPSA) is 423 Å². The molecule has 642 valence electrons. The number of amides is 3. The Bertz CT molecular complexity index is 5500. The fraction of sp³-hybridized carbons (Fsp3) is 0.290. The third kappa shape index (κ3) is 22.5. The predicted octanol–water partition coefficient (Wildman–Crippen LogP) is 14.5. The molecule has 2 aliphatic rings. The van der Waals surface area contributed by atoms with E-state index in [0.717, 1.165) is 17.1 Å². The molecular formula is C69H63Br5F15N23O8. The smallest absolute Gasteiger partial charge is 0.433 e. The van der Waals surface area contributed by atoms with Crippen LogP contribution in [0.5, 0.6) is 0 Å². The molecule has 0 aromatic carbocycles. The molecule has 120 heavy (non-hydrogen) atoms. The molecule has 10 aromatic rings. The summed E-state index contributed by atoms with van der Waals surface area (Å²) in [6.07, 6.45) is -16.9. The van der Waals surface area contributed by atoms with Gasteiger partial charge in [-0.1, -0.05) is 7.43 Å². The van der Waals surface area contributed by atoms with Gasteiger partial charge in [0, 0.05) is 78.6 Å². The lowest BCUT2D eigenvalue weighted by Gasteiger charge is -2.19. The van der Waals surface area contributed by atoms with Gasteiger partial charge < -0.3 is 5.11 Å². The van der Waals surface area contributed by atoms with Crippen LogP contribution in [0.25, 0.3) is 29.1 Å². The number of Topliss-reactive ketones (excluding diaryl/α,β-unsaturated/α-hetero) is 3. The normalized spacial score (nSPS) is 13.8. The number of carboxylic acid groups (broad SMARTS) is 1. The highest BCUT2D eigenvalue weighted by atomic mass is 79.9. The van der Waals surface area contributed by atoms with Crippen molar-refractivity contribution in [3.8, 4) is 29.1 Å². The highest BCUT2D eigenvalue weighted by molar-refractivity contribution is 9.11. The van der Waals surface area contributed by atoms with Gasteiger partial charge in [-0.25, -0.2) is 69.4 Å². The molecule has 12 heterocycles. The molecular weight excluding hydrogens is 1960 g/mol.